The topological polar surface area (TPSA) is 97.0 Å². The molecule has 0 radical (unpaired) electrons. The maximum absolute atomic E-state index is 12.3. The highest BCUT2D eigenvalue weighted by molar-refractivity contribution is 6.00. The Morgan fingerprint density at radius 2 is 2.00 bits per heavy atom. The van der Waals surface area contributed by atoms with Crippen LogP contribution in [0, 0.1) is 5.92 Å². The van der Waals surface area contributed by atoms with E-state index in [1.54, 1.807) is 30.7 Å². The molecular weight excluding hydrogens is 296 g/mol. The molecule has 0 atom stereocenters. The molecule has 7 nitrogen and oxygen atoms in total. The van der Waals surface area contributed by atoms with Gasteiger partial charge in [0.1, 0.15) is 5.69 Å². The number of carbonyl (C=O) groups is 2. The average molecular weight is 314 g/mol. The zero-order valence-corrected chi connectivity index (χ0v) is 12.6. The van der Waals surface area contributed by atoms with Crippen molar-refractivity contribution in [2.45, 2.75) is 12.8 Å². The van der Waals surface area contributed by atoms with Gasteiger partial charge in [-0.15, -0.1) is 0 Å². The van der Waals surface area contributed by atoms with Crippen LogP contribution in [0.3, 0.4) is 0 Å². The monoisotopic (exact) mass is 314 g/mol. The van der Waals surface area contributed by atoms with Crippen LogP contribution in [-0.2, 0) is 9.53 Å². The van der Waals surface area contributed by atoms with Crippen molar-refractivity contribution in [2.24, 2.45) is 5.92 Å². The quantitative estimate of drug-likeness (QED) is 0.864. The van der Waals surface area contributed by atoms with E-state index in [1.165, 1.54) is 0 Å². The third-order valence-corrected chi connectivity index (χ3v) is 3.96. The third kappa shape index (κ3) is 3.62. The molecular formula is C16H18N4O3. The SMILES string of the molecule is O=C(NCC(=O)C1CCOCC1)c1[nH]ncc1-c1ccncc1. The van der Waals surface area contributed by atoms with E-state index in [9.17, 15) is 9.59 Å². The molecule has 2 N–H and O–H groups in total. The Morgan fingerprint density at radius 3 is 2.74 bits per heavy atom. The minimum absolute atomic E-state index is 0.0227. The van der Waals surface area contributed by atoms with Gasteiger partial charge in [0, 0.05) is 37.1 Å². The number of amides is 1. The van der Waals surface area contributed by atoms with E-state index in [-0.39, 0.29) is 24.2 Å². The molecule has 1 saturated heterocycles. The number of aromatic amines is 1. The Kier molecular flexibility index (Phi) is 4.77. The van der Waals surface area contributed by atoms with Crippen molar-refractivity contribution in [2.75, 3.05) is 19.8 Å². The van der Waals surface area contributed by atoms with Crippen LogP contribution in [-0.4, -0.2) is 46.6 Å². The fourth-order valence-electron chi connectivity index (χ4n) is 2.63. The Hall–Kier alpha value is -2.54. The van der Waals surface area contributed by atoms with E-state index in [1.807, 2.05) is 0 Å². The number of nitrogens with one attached hydrogen (secondary N) is 2. The summed E-state index contributed by atoms with van der Waals surface area (Å²) in [6, 6.07) is 3.60. The molecule has 2 aromatic rings. The van der Waals surface area contributed by atoms with Gasteiger partial charge in [0.2, 0.25) is 0 Å². The number of ether oxygens (including phenoxy) is 1. The Bertz CT molecular complexity index is 678. The van der Waals surface area contributed by atoms with Crippen LogP contribution in [0.5, 0.6) is 0 Å². The lowest BCUT2D eigenvalue weighted by molar-refractivity contribution is -0.124. The van der Waals surface area contributed by atoms with E-state index in [0.717, 1.165) is 18.4 Å². The number of aromatic nitrogens is 3. The summed E-state index contributed by atoms with van der Waals surface area (Å²) in [6.45, 7) is 1.24. The second-order valence-electron chi connectivity index (χ2n) is 5.43. The molecule has 0 saturated carbocycles. The number of pyridine rings is 1. The molecule has 0 bridgehead atoms. The molecule has 1 fully saturated rings. The van der Waals surface area contributed by atoms with Gasteiger partial charge in [0.15, 0.2) is 5.78 Å². The number of rotatable bonds is 5. The summed E-state index contributed by atoms with van der Waals surface area (Å²) in [5, 5.41) is 9.30. The van der Waals surface area contributed by atoms with Crippen molar-refractivity contribution in [1.82, 2.24) is 20.5 Å². The summed E-state index contributed by atoms with van der Waals surface area (Å²) in [4.78, 5) is 28.4. The first-order valence-corrected chi connectivity index (χ1v) is 7.58. The third-order valence-electron chi connectivity index (χ3n) is 3.96. The largest absolute Gasteiger partial charge is 0.381 e. The van der Waals surface area contributed by atoms with Gasteiger partial charge in [0.05, 0.1) is 12.7 Å². The summed E-state index contributed by atoms with van der Waals surface area (Å²) in [5.74, 6) is -0.313. The summed E-state index contributed by atoms with van der Waals surface area (Å²) < 4.78 is 5.24. The molecule has 0 aliphatic carbocycles. The van der Waals surface area contributed by atoms with Gasteiger partial charge >= 0.3 is 0 Å². The van der Waals surface area contributed by atoms with Crippen LogP contribution >= 0.6 is 0 Å². The van der Waals surface area contributed by atoms with Crippen LogP contribution in [0.4, 0.5) is 0 Å². The normalized spacial score (nSPS) is 15.3. The molecule has 120 valence electrons. The summed E-state index contributed by atoms with van der Waals surface area (Å²) in [5.41, 5.74) is 1.87. The Labute approximate surface area is 133 Å². The van der Waals surface area contributed by atoms with E-state index >= 15 is 0 Å². The molecule has 1 amide bonds. The lowest BCUT2D eigenvalue weighted by atomic mass is 9.95. The maximum Gasteiger partial charge on any atom is 0.270 e. The highest BCUT2D eigenvalue weighted by Gasteiger charge is 2.22. The van der Waals surface area contributed by atoms with Crippen molar-refractivity contribution in [3.8, 4) is 11.1 Å². The Balaban J connectivity index is 1.63. The van der Waals surface area contributed by atoms with Crippen molar-refractivity contribution in [3.63, 3.8) is 0 Å². The van der Waals surface area contributed by atoms with Crippen molar-refractivity contribution < 1.29 is 14.3 Å². The maximum atomic E-state index is 12.3. The molecule has 1 aliphatic rings. The van der Waals surface area contributed by atoms with E-state index < -0.39 is 0 Å². The molecule has 1 aliphatic heterocycles. The highest BCUT2D eigenvalue weighted by Crippen LogP contribution is 2.21. The molecule has 0 unspecified atom stereocenters. The fraction of sp³-hybridized carbons (Fsp3) is 0.375. The van der Waals surface area contributed by atoms with Gasteiger partial charge in [-0.25, -0.2) is 0 Å². The van der Waals surface area contributed by atoms with Crippen LogP contribution in [0.2, 0.25) is 0 Å². The lowest BCUT2D eigenvalue weighted by Crippen LogP contribution is -2.35. The first-order chi connectivity index (χ1) is 11.3. The lowest BCUT2D eigenvalue weighted by Gasteiger charge is -2.20. The minimum Gasteiger partial charge on any atom is -0.381 e. The van der Waals surface area contributed by atoms with Gasteiger partial charge in [-0.2, -0.15) is 5.10 Å². The summed E-state index contributed by atoms with van der Waals surface area (Å²) in [7, 11) is 0. The molecule has 3 rings (SSSR count). The number of H-pyrrole nitrogens is 1. The molecule has 0 aromatic carbocycles. The molecule has 23 heavy (non-hydrogen) atoms. The van der Waals surface area contributed by atoms with Gasteiger partial charge in [-0.3, -0.25) is 19.7 Å². The average Bonchev–Trinajstić information content (AvgIpc) is 3.11. The van der Waals surface area contributed by atoms with Gasteiger partial charge in [-0.05, 0) is 30.5 Å². The number of nitrogens with zero attached hydrogens (tertiary/aromatic N) is 2. The number of hydrogen-bond acceptors (Lipinski definition) is 5. The first-order valence-electron chi connectivity index (χ1n) is 7.58. The van der Waals surface area contributed by atoms with Crippen LogP contribution in [0.1, 0.15) is 23.3 Å². The van der Waals surface area contributed by atoms with Crippen LogP contribution in [0.25, 0.3) is 11.1 Å². The highest BCUT2D eigenvalue weighted by atomic mass is 16.5. The standard InChI is InChI=1S/C16H18N4O3/c21-14(12-3-7-23-8-4-12)10-18-16(22)15-13(9-19-20-15)11-1-5-17-6-2-11/h1-2,5-6,9,12H,3-4,7-8,10H2,(H,18,22)(H,19,20). The number of carbonyl (C=O) groups excluding carboxylic acids is 2. The number of ketones is 1. The number of hydrogen-bond donors (Lipinski definition) is 2. The summed E-state index contributed by atoms with van der Waals surface area (Å²) in [6.07, 6.45) is 6.34. The van der Waals surface area contributed by atoms with Crippen LogP contribution in [0.15, 0.2) is 30.7 Å². The second-order valence-corrected chi connectivity index (χ2v) is 5.43. The van der Waals surface area contributed by atoms with Crippen molar-refractivity contribution >= 4 is 11.7 Å². The predicted octanol–water partition coefficient (Wildman–Crippen LogP) is 1.20. The zero-order valence-electron chi connectivity index (χ0n) is 12.6. The smallest absolute Gasteiger partial charge is 0.270 e. The fourth-order valence-corrected chi connectivity index (χ4v) is 2.63. The molecule has 0 spiro atoms. The number of Topliss-reactive ketones (excluding diaryl/α,β-unsaturated/α-hetero) is 1. The molecule has 7 heteroatoms. The van der Waals surface area contributed by atoms with E-state index in [0.29, 0.717) is 24.5 Å². The van der Waals surface area contributed by atoms with Crippen LogP contribution < -0.4 is 5.32 Å². The Morgan fingerprint density at radius 1 is 1.26 bits per heavy atom. The van der Waals surface area contributed by atoms with E-state index in [2.05, 4.69) is 20.5 Å². The zero-order chi connectivity index (χ0) is 16.1. The molecule has 3 heterocycles. The van der Waals surface area contributed by atoms with E-state index in [4.69, 9.17) is 4.74 Å². The first kappa shape index (κ1) is 15.4. The van der Waals surface area contributed by atoms with Crippen molar-refractivity contribution in [1.29, 1.82) is 0 Å². The van der Waals surface area contributed by atoms with Gasteiger partial charge < -0.3 is 10.1 Å². The summed E-state index contributed by atoms with van der Waals surface area (Å²) >= 11 is 0. The predicted molar refractivity (Wildman–Crippen MR) is 82.7 cm³/mol. The van der Waals surface area contributed by atoms with Crippen molar-refractivity contribution in [3.05, 3.63) is 36.4 Å². The molecule has 2 aromatic heterocycles. The van der Waals surface area contributed by atoms with Gasteiger partial charge in [-0.1, -0.05) is 0 Å². The van der Waals surface area contributed by atoms with Gasteiger partial charge in [0.25, 0.3) is 5.91 Å². The second kappa shape index (κ2) is 7.15. The minimum atomic E-state index is -0.338.